The van der Waals surface area contributed by atoms with E-state index in [0.29, 0.717) is 13.2 Å². The van der Waals surface area contributed by atoms with E-state index in [-0.39, 0.29) is 5.38 Å². The Bertz CT molecular complexity index is 559. The van der Waals surface area contributed by atoms with Gasteiger partial charge in [0.15, 0.2) is 0 Å². The van der Waals surface area contributed by atoms with Crippen LogP contribution in [0.3, 0.4) is 0 Å². The molecule has 1 aromatic carbocycles. The van der Waals surface area contributed by atoms with Gasteiger partial charge in [0.1, 0.15) is 5.76 Å². The first-order chi connectivity index (χ1) is 8.79. The van der Waals surface area contributed by atoms with Gasteiger partial charge in [0.2, 0.25) is 0 Å². The van der Waals surface area contributed by atoms with Gasteiger partial charge in [-0.25, -0.2) is 0 Å². The van der Waals surface area contributed by atoms with Gasteiger partial charge in [-0.3, -0.25) is 0 Å². The predicted molar refractivity (Wildman–Crippen MR) is 70.7 cm³/mol. The summed E-state index contributed by atoms with van der Waals surface area (Å²) in [5, 5.41) is -0.149. The standard InChI is InChI=1S/C15H15ClO2/c1-2-14-13(5-6-18-14)15(16)10-3-4-11-8-17-9-12(11)7-10/h3-7,15H,2,8-9H2,1H3. The smallest absolute Gasteiger partial charge is 0.108 e. The number of hydrogen-bond donors (Lipinski definition) is 0. The molecule has 0 fully saturated rings. The van der Waals surface area contributed by atoms with Gasteiger partial charge >= 0.3 is 0 Å². The van der Waals surface area contributed by atoms with Crippen LogP contribution in [0, 0.1) is 0 Å². The van der Waals surface area contributed by atoms with Gasteiger partial charge in [0, 0.05) is 12.0 Å². The van der Waals surface area contributed by atoms with Crippen LogP contribution >= 0.6 is 11.6 Å². The maximum Gasteiger partial charge on any atom is 0.108 e. The number of ether oxygens (including phenoxy) is 1. The summed E-state index contributed by atoms with van der Waals surface area (Å²) in [7, 11) is 0. The zero-order valence-corrected chi connectivity index (χ0v) is 11.0. The number of alkyl halides is 1. The van der Waals surface area contributed by atoms with E-state index < -0.39 is 0 Å². The normalized spacial score (nSPS) is 15.7. The molecule has 3 heteroatoms. The van der Waals surface area contributed by atoms with Crippen molar-refractivity contribution in [3.05, 3.63) is 58.5 Å². The summed E-state index contributed by atoms with van der Waals surface area (Å²) < 4.78 is 10.9. The highest BCUT2D eigenvalue weighted by atomic mass is 35.5. The lowest BCUT2D eigenvalue weighted by Gasteiger charge is -2.11. The van der Waals surface area contributed by atoms with Crippen LogP contribution in [0.5, 0.6) is 0 Å². The Kier molecular flexibility index (Phi) is 3.14. The molecule has 2 aromatic rings. The van der Waals surface area contributed by atoms with E-state index in [2.05, 4.69) is 25.1 Å². The van der Waals surface area contributed by atoms with Gasteiger partial charge in [0.25, 0.3) is 0 Å². The molecule has 3 rings (SSSR count). The Hall–Kier alpha value is -1.25. The number of benzene rings is 1. The molecule has 1 unspecified atom stereocenters. The number of aryl methyl sites for hydroxylation is 1. The summed E-state index contributed by atoms with van der Waals surface area (Å²) in [4.78, 5) is 0. The molecule has 0 radical (unpaired) electrons. The topological polar surface area (TPSA) is 22.4 Å². The number of rotatable bonds is 3. The minimum absolute atomic E-state index is 0.149. The van der Waals surface area contributed by atoms with Gasteiger partial charge in [0.05, 0.1) is 24.9 Å². The lowest BCUT2D eigenvalue weighted by Crippen LogP contribution is -1.96. The molecule has 2 nitrogen and oxygen atoms in total. The van der Waals surface area contributed by atoms with Gasteiger partial charge < -0.3 is 9.15 Å². The summed E-state index contributed by atoms with van der Waals surface area (Å²) in [5.74, 6) is 0.965. The number of halogens is 1. The third-order valence-electron chi connectivity index (χ3n) is 3.41. The van der Waals surface area contributed by atoms with Crippen molar-refractivity contribution in [2.45, 2.75) is 31.9 Å². The van der Waals surface area contributed by atoms with Gasteiger partial charge in [-0.15, -0.1) is 11.6 Å². The Labute approximate surface area is 112 Å². The first kappa shape index (κ1) is 11.8. The van der Waals surface area contributed by atoms with Crippen molar-refractivity contribution in [1.29, 1.82) is 0 Å². The van der Waals surface area contributed by atoms with E-state index in [1.807, 2.05) is 6.07 Å². The van der Waals surface area contributed by atoms with Crippen LogP contribution in [0.4, 0.5) is 0 Å². The van der Waals surface area contributed by atoms with Crippen LogP contribution in [0.1, 0.15) is 40.3 Å². The average molecular weight is 263 g/mol. The molecule has 1 aliphatic heterocycles. The third-order valence-corrected chi connectivity index (χ3v) is 3.90. The van der Waals surface area contributed by atoms with Crippen LogP contribution in [0.15, 0.2) is 34.9 Å². The monoisotopic (exact) mass is 262 g/mol. The van der Waals surface area contributed by atoms with E-state index in [9.17, 15) is 0 Å². The molecule has 1 aromatic heterocycles. The van der Waals surface area contributed by atoms with E-state index >= 15 is 0 Å². The molecule has 0 saturated heterocycles. The molecule has 94 valence electrons. The van der Waals surface area contributed by atoms with E-state index in [1.165, 1.54) is 11.1 Å². The zero-order valence-electron chi connectivity index (χ0n) is 10.3. The molecule has 0 aliphatic carbocycles. The van der Waals surface area contributed by atoms with Gasteiger partial charge in [-0.1, -0.05) is 25.1 Å². The van der Waals surface area contributed by atoms with Crippen LogP contribution < -0.4 is 0 Å². The molecule has 0 N–H and O–H groups in total. The third kappa shape index (κ3) is 1.96. The zero-order chi connectivity index (χ0) is 12.5. The number of hydrogen-bond acceptors (Lipinski definition) is 2. The average Bonchev–Trinajstić information content (AvgIpc) is 3.05. The first-order valence-electron chi connectivity index (χ1n) is 6.19. The van der Waals surface area contributed by atoms with Crippen LogP contribution in [0.2, 0.25) is 0 Å². The fourth-order valence-electron chi connectivity index (χ4n) is 2.39. The highest BCUT2D eigenvalue weighted by Gasteiger charge is 2.19. The molecule has 0 saturated carbocycles. The van der Waals surface area contributed by atoms with E-state index in [1.54, 1.807) is 6.26 Å². The molecular formula is C15H15ClO2. The fraction of sp³-hybridized carbons (Fsp3) is 0.333. The highest BCUT2D eigenvalue weighted by Crippen LogP contribution is 2.34. The van der Waals surface area contributed by atoms with Crippen molar-refractivity contribution in [3.8, 4) is 0 Å². The SMILES string of the molecule is CCc1occc1C(Cl)c1ccc2c(c1)COC2. The molecule has 0 spiro atoms. The van der Waals surface area contributed by atoms with Crippen molar-refractivity contribution >= 4 is 11.6 Å². The lowest BCUT2D eigenvalue weighted by molar-refractivity contribution is 0.134. The van der Waals surface area contributed by atoms with Crippen molar-refractivity contribution in [3.63, 3.8) is 0 Å². The molecule has 2 heterocycles. The second kappa shape index (κ2) is 4.79. The maximum absolute atomic E-state index is 6.56. The highest BCUT2D eigenvalue weighted by molar-refractivity contribution is 6.22. The van der Waals surface area contributed by atoms with E-state index in [4.69, 9.17) is 20.8 Å². The Morgan fingerprint density at radius 1 is 1.22 bits per heavy atom. The minimum Gasteiger partial charge on any atom is -0.469 e. The van der Waals surface area contributed by atoms with Crippen LogP contribution in [-0.4, -0.2) is 0 Å². The number of fused-ring (bicyclic) bond motifs is 1. The molecule has 1 aliphatic rings. The number of furan rings is 1. The minimum atomic E-state index is -0.149. The van der Waals surface area contributed by atoms with Gasteiger partial charge in [-0.05, 0) is 22.8 Å². The van der Waals surface area contributed by atoms with Crippen LogP contribution in [-0.2, 0) is 24.4 Å². The van der Waals surface area contributed by atoms with Crippen molar-refractivity contribution in [1.82, 2.24) is 0 Å². The van der Waals surface area contributed by atoms with E-state index in [0.717, 1.165) is 23.3 Å². The Balaban J connectivity index is 1.95. The van der Waals surface area contributed by atoms with Crippen LogP contribution in [0.25, 0.3) is 0 Å². The maximum atomic E-state index is 6.56. The van der Waals surface area contributed by atoms with Crippen molar-refractivity contribution in [2.75, 3.05) is 0 Å². The summed E-state index contributed by atoms with van der Waals surface area (Å²) in [6.45, 7) is 3.48. The Morgan fingerprint density at radius 3 is 2.89 bits per heavy atom. The molecule has 1 atom stereocenters. The van der Waals surface area contributed by atoms with Gasteiger partial charge in [-0.2, -0.15) is 0 Å². The predicted octanol–water partition coefficient (Wildman–Crippen LogP) is 4.20. The molecule has 18 heavy (non-hydrogen) atoms. The molecular weight excluding hydrogens is 248 g/mol. The second-order valence-corrected chi connectivity index (χ2v) is 4.97. The lowest BCUT2D eigenvalue weighted by atomic mass is 10.00. The summed E-state index contributed by atoms with van der Waals surface area (Å²) in [5.41, 5.74) is 4.69. The fourth-order valence-corrected chi connectivity index (χ4v) is 2.72. The van der Waals surface area contributed by atoms with Crippen molar-refractivity contribution < 1.29 is 9.15 Å². The molecule has 0 amide bonds. The Morgan fingerprint density at radius 2 is 2.06 bits per heavy atom. The second-order valence-electron chi connectivity index (χ2n) is 4.54. The quantitative estimate of drug-likeness (QED) is 0.774. The van der Waals surface area contributed by atoms with Crippen molar-refractivity contribution in [2.24, 2.45) is 0 Å². The first-order valence-corrected chi connectivity index (χ1v) is 6.63. The summed E-state index contributed by atoms with van der Waals surface area (Å²) >= 11 is 6.56. The largest absolute Gasteiger partial charge is 0.469 e. The summed E-state index contributed by atoms with van der Waals surface area (Å²) in [6.07, 6.45) is 2.57. The molecule has 0 bridgehead atoms. The summed E-state index contributed by atoms with van der Waals surface area (Å²) in [6, 6.07) is 8.29.